The van der Waals surface area contributed by atoms with Gasteiger partial charge in [0, 0.05) is 0 Å². The summed E-state index contributed by atoms with van der Waals surface area (Å²) in [5.41, 5.74) is 1.21. The number of unbranched alkanes of at least 4 members (excludes halogenated alkanes) is 8. The second-order valence-corrected chi connectivity index (χ2v) is 21.0. The molecule has 2 amide bonds. The third-order valence-corrected chi connectivity index (χ3v) is 17.9. The average Bonchev–Trinajstić information content (AvgIpc) is 3.92. The van der Waals surface area contributed by atoms with Crippen molar-refractivity contribution in [3.8, 4) is 27.9 Å². The number of benzene rings is 1. The number of imide groups is 1. The van der Waals surface area contributed by atoms with Crippen LogP contribution in [0, 0.1) is 13.8 Å². The summed E-state index contributed by atoms with van der Waals surface area (Å²) >= 11 is 5.88. The zero-order valence-electron chi connectivity index (χ0n) is 27.8. The summed E-state index contributed by atoms with van der Waals surface area (Å²) in [6, 6.07) is 18.4. The molecule has 6 heterocycles. The van der Waals surface area contributed by atoms with Crippen LogP contribution in [-0.2, 0) is 4.74 Å². The van der Waals surface area contributed by atoms with Gasteiger partial charge in [0.2, 0.25) is 0 Å². The van der Waals surface area contributed by atoms with Crippen molar-refractivity contribution >= 4 is 95.0 Å². The number of nitrogens with zero attached hydrogens (tertiary/aromatic N) is 1. The standard InChI is InChI=1S/C39H41NO3S3Se2/c1-4-5-6-7-8-9-10-11-12-18-43-19-17-40-38(41)35-25(3)44-37(36(35)39(40)42)34-16-15-33(48-34)31-23-27-21-28-26(20-29(27)46-31)22-30(45-28)32-14-13-24(2)47-32/h13-16,20-23H,4-12,17-19H2,1-3H3. The van der Waals surface area contributed by atoms with Crippen molar-refractivity contribution in [2.45, 2.75) is 78.6 Å². The van der Waals surface area contributed by atoms with Crippen molar-refractivity contribution in [2.75, 3.05) is 19.8 Å². The quantitative estimate of drug-likeness (QED) is 0.0555. The number of aryl methyl sites for hydroxylation is 2. The molecule has 48 heavy (non-hydrogen) atoms. The molecule has 6 aromatic rings. The van der Waals surface area contributed by atoms with Crippen molar-refractivity contribution < 1.29 is 14.3 Å². The van der Waals surface area contributed by atoms with Crippen LogP contribution < -0.4 is 0 Å². The van der Waals surface area contributed by atoms with Gasteiger partial charge in [-0.3, -0.25) is 0 Å². The van der Waals surface area contributed by atoms with E-state index in [2.05, 4.69) is 62.4 Å². The Labute approximate surface area is 307 Å². The molecular weight excluding hydrogens is 785 g/mol. The van der Waals surface area contributed by atoms with Crippen molar-refractivity contribution in [2.24, 2.45) is 0 Å². The first-order chi connectivity index (χ1) is 23.4. The minimum absolute atomic E-state index is 0.0632. The molecule has 1 aliphatic heterocycles. The number of rotatable bonds is 16. The predicted molar refractivity (Wildman–Crippen MR) is 208 cm³/mol. The second kappa shape index (κ2) is 15.4. The molecule has 0 atom stereocenters. The van der Waals surface area contributed by atoms with Crippen LogP contribution >= 0.6 is 34.0 Å². The maximum atomic E-state index is 13.6. The van der Waals surface area contributed by atoms with E-state index in [0.717, 1.165) is 16.2 Å². The second-order valence-electron chi connectivity index (χ2n) is 12.7. The fourth-order valence-corrected chi connectivity index (χ4v) is 14.5. The molecule has 0 unspecified atom stereocenters. The van der Waals surface area contributed by atoms with Gasteiger partial charge in [-0.15, -0.1) is 0 Å². The van der Waals surface area contributed by atoms with Crippen molar-refractivity contribution in [1.82, 2.24) is 4.90 Å². The number of carbonyl (C=O) groups excluding carboxylic acids is 2. The van der Waals surface area contributed by atoms with Crippen LogP contribution in [0.2, 0.25) is 0 Å². The van der Waals surface area contributed by atoms with E-state index in [9.17, 15) is 9.59 Å². The fourth-order valence-electron chi connectivity index (χ4n) is 6.49. The van der Waals surface area contributed by atoms with E-state index in [1.54, 1.807) is 11.3 Å². The van der Waals surface area contributed by atoms with E-state index in [1.807, 2.05) is 29.6 Å². The maximum absolute atomic E-state index is 13.6. The zero-order valence-corrected chi connectivity index (χ0v) is 33.7. The van der Waals surface area contributed by atoms with E-state index >= 15 is 0 Å². The van der Waals surface area contributed by atoms with Crippen LogP contribution in [0.3, 0.4) is 0 Å². The molecule has 0 fully saturated rings. The van der Waals surface area contributed by atoms with Crippen LogP contribution in [0.5, 0.6) is 0 Å². The summed E-state index contributed by atoms with van der Waals surface area (Å²) in [5.74, 6) is -0.321. The fraction of sp³-hybridized carbons (Fsp3) is 0.385. The van der Waals surface area contributed by atoms with Crippen LogP contribution in [0.25, 0.3) is 48.1 Å². The number of ether oxygens (including phenoxy) is 1. The number of hydrogen-bond acceptors (Lipinski definition) is 6. The molecule has 4 nitrogen and oxygen atoms in total. The van der Waals surface area contributed by atoms with Gasteiger partial charge in [0.25, 0.3) is 0 Å². The molecule has 5 aromatic heterocycles. The first-order valence-electron chi connectivity index (χ1n) is 17.1. The van der Waals surface area contributed by atoms with Crippen LogP contribution in [-0.4, -0.2) is 65.5 Å². The normalized spacial score (nSPS) is 13.2. The van der Waals surface area contributed by atoms with E-state index < -0.39 is 0 Å². The van der Waals surface area contributed by atoms with Gasteiger partial charge < -0.3 is 0 Å². The molecule has 0 aliphatic carbocycles. The van der Waals surface area contributed by atoms with E-state index in [0.29, 0.717) is 45.4 Å². The van der Waals surface area contributed by atoms with Crippen LogP contribution in [0.15, 0.2) is 48.5 Å². The van der Waals surface area contributed by atoms with Gasteiger partial charge in [0.05, 0.1) is 0 Å². The summed E-state index contributed by atoms with van der Waals surface area (Å²) < 4.78 is 14.0. The molecule has 0 radical (unpaired) electrons. The Balaban J connectivity index is 0.979. The molecule has 1 aliphatic rings. The predicted octanol–water partition coefficient (Wildman–Crippen LogP) is 11.1. The molecule has 9 heteroatoms. The summed E-state index contributed by atoms with van der Waals surface area (Å²) in [6.45, 7) is 7.86. The van der Waals surface area contributed by atoms with Gasteiger partial charge in [-0.25, -0.2) is 0 Å². The summed E-state index contributed by atoms with van der Waals surface area (Å²) in [4.78, 5) is 33.0. The zero-order chi connectivity index (χ0) is 33.2. The minimum atomic E-state index is -0.162. The third-order valence-electron chi connectivity index (χ3n) is 9.06. The third kappa shape index (κ3) is 7.22. The van der Waals surface area contributed by atoms with Crippen molar-refractivity contribution in [3.63, 3.8) is 0 Å². The Morgan fingerprint density at radius 3 is 1.88 bits per heavy atom. The monoisotopic (exact) mass is 827 g/mol. The average molecular weight is 826 g/mol. The number of thiophene rings is 3. The molecule has 250 valence electrons. The molecule has 7 rings (SSSR count). The van der Waals surface area contributed by atoms with Gasteiger partial charge in [-0.05, 0) is 0 Å². The van der Waals surface area contributed by atoms with Crippen LogP contribution in [0.4, 0.5) is 0 Å². The van der Waals surface area contributed by atoms with Gasteiger partial charge in [0.15, 0.2) is 0 Å². The number of carbonyl (C=O) groups is 2. The van der Waals surface area contributed by atoms with Gasteiger partial charge in [-0.1, -0.05) is 45.4 Å². The van der Waals surface area contributed by atoms with E-state index in [4.69, 9.17) is 4.74 Å². The molecule has 0 saturated carbocycles. The molecule has 0 spiro atoms. The summed E-state index contributed by atoms with van der Waals surface area (Å²) in [6.07, 6.45) is 11.5. The van der Waals surface area contributed by atoms with Gasteiger partial charge in [0.1, 0.15) is 0 Å². The Morgan fingerprint density at radius 2 is 1.23 bits per heavy atom. The first-order valence-corrected chi connectivity index (χ1v) is 23.0. The summed E-state index contributed by atoms with van der Waals surface area (Å²) in [7, 11) is 0. The number of amides is 2. The Hall–Kier alpha value is -2.06. The molecular formula is C39H41NO3S3Se2. The Kier molecular flexibility index (Phi) is 11.1. The molecule has 0 N–H and O–H groups in total. The van der Waals surface area contributed by atoms with Gasteiger partial charge in [-0.2, -0.15) is 0 Å². The van der Waals surface area contributed by atoms with Crippen molar-refractivity contribution in [3.05, 3.63) is 69.0 Å². The topological polar surface area (TPSA) is 46.6 Å². The summed E-state index contributed by atoms with van der Waals surface area (Å²) in [5, 5.41) is 2.62. The molecule has 0 bridgehead atoms. The number of hydrogen-bond donors (Lipinski definition) is 0. The SMILES string of the molecule is CCCCCCCCCCCOCCN1C(=O)c2c(C)sc(-c3ccc(-c4cc5cc6sc(-c7ccc(C)[se]7)cc6cc5s4)[se]3)c2C1=O. The molecule has 0 saturated heterocycles. The van der Waals surface area contributed by atoms with Crippen LogP contribution in [0.1, 0.15) is 94.7 Å². The molecule has 1 aromatic carbocycles. The van der Waals surface area contributed by atoms with E-state index in [1.165, 1.54) is 104 Å². The van der Waals surface area contributed by atoms with Gasteiger partial charge >= 0.3 is 264 Å². The Bertz CT molecular complexity index is 2020. The first kappa shape index (κ1) is 34.4. The number of fused-ring (bicyclic) bond motifs is 3. The Morgan fingerprint density at radius 1 is 0.646 bits per heavy atom. The van der Waals surface area contributed by atoms with Crippen molar-refractivity contribution in [1.29, 1.82) is 0 Å². The van der Waals surface area contributed by atoms with E-state index in [-0.39, 0.29) is 26.3 Å².